The monoisotopic (exact) mass is 364 g/mol. The van der Waals surface area contributed by atoms with Crippen LogP contribution in [0.3, 0.4) is 0 Å². The average Bonchev–Trinajstić information content (AvgIpc) is 2.91. The van der Waals surface area contributed by atoms with Crippen LogP contribution in [-0.4, -0.2) is 26.9 Å². The number of aromatic nitrogens is 2. The number of nitrogens with zero attached hydrogens (tertiary/aromatic N) is 2. The van der Waals surface area contributed by atoms with Gasteiger partial charge in [0, 0.05) is 22.8 Å². The van der Waals surface area contributed by atoms with Crippen molar-refractivity contribution >= 4 is 22.8 Å². The number of esters is 1. The molecule has 0 fully saturated rings. The Morgan fingerprint density at radius 1 is 1.07 bits per heavy atom. The second kappa shape index (κ2) is 6.99. The quantitative estimate of drug-likeness (QED) is 0.495. The van der Waals surface area contributed by atoms with Gasteiger partial charge in [0.2, 0.25) is 0 Å². The lowest BCUT2D eigenvalue weighted by molar-refractivity contribution is 0.00704. The molecule has 3 aromatic rings. The molecule has 0 aliphatic heterocycles. The van der Waals surface area contributed by atoms with Crippen molar-refractivity contribution in [1.29, 1.82) is 0 Å². The fraction of sp³-hybridized carbons (Fsp3) is 0.318. The maximum Gasteiger partial charge on any atom is 0.341 e. The highest BCUT2D eigenvalue weighted by atomic mass is 16.6. The Labute approximate surface area is 159 Å². The van der Waals surface area contributed by atoms with Gasteiger partial charge in [0.25, 0.3) is 0 Å². The van der Waals surface area contributed by atoms with E-state index in [4.69, 9.17) is 4.74 Å². The zero-order chi connectivity index (χ0) is 19.8. The lowest BCUT2D eigenvalue weighted by atomic mass is 10.1. The van der Waals surface area contributed by atoms with Crippen molar-refractivity contribution in [2.75, 3.05) is 0 Å². The molecule has 0 saturated heterocycles. The molecule has 5 nitrogen and oxygen atoms in total. The van der Waals surface area contributed by atoms with Crippen LogP contribution in [0.2, 0.25) is 0 Å². The number of pyridine rings is 1. The molecule has 0 saturated carbocycles. The van der Waals surface area contributed by atoms with Gasteiger partial charge in [0.05, 0.1) is 11.6 Å². The smallest absolute Gasteiger partial charge is 0.341 e. The minimum absolute atomic E-state index is 0.0306. The zero-order valence-corrected chi connectivity index (χ0v) is 16.3. The Morgan fingerprint density at radius 3 is 2.37 bits per heavy atom. The van der Waals surface area contributed by atoms with Crippen LogP contribution < -0.4 is 0 Å². The van der Waals surface area contributed by atoms with Crippen LogP contribution in [0.5, 0.6) is 0 Å². The minimum Gasteiger partial charge on any atom is -0.456 e. The Kier molecular flexibility index (Phi) is 4.87. The van der Waals surface area contributed by atoms with Crippen LogP contribution in [-0.2, 0) is 4.74 Å². The Hall–Kier alpha value is -2.95. The average molecular weight is 364 g/mol. The fourth-order valence-electron chi connectivity index (χ4n) is 3.28. The number of ether oxygens (including phenoxy) is 1. The van der Waals surface area contributed by atoms with Crippen molar-refractivity contribution in [1.82, 2.24) is 9.55 Å². The van der Waals surface area contributed by atoms with Gasteiger partial charge in [0.15, 0.2) is 5.78 Å². The molecule has 27 heavy (non-hydrogen) atoms. The van der Waals surface area contributed by atoms with Crippen molar-refractivity contribution in [3.05, 3.63) is 65.5 Å². The van der Waals surface area contributed by atoms with E-state index < -0.39 is 17.6 Å². The van der Waals surface area contributed by atoms with Crippen LogP contribution in [0.15, 0.2) is 48.7 Å². The first-order valence-corrected chi connectivity index (χ1v) is 8.99. The number of hydrogen-bond donors (Lipinski definition) is 0. The first-order chi connectivity index (χ1) is 12.7. The molecule has 2 heterocycles. The third-order valence-corrected chi connectivity index (χ3v) is 4.44. The summed E-state index contributed by atoms with van der Waals surface area (Å²) in [4.78, 5) is 30.2. The summed E-state index contributed by atoms with van der Waals surface area (Å²) in [6, 6.07) is 12.3. The molecule has 5 heteroatoms. The van der Waals surface area contributed by atoms with Crippen LogP contribution >= 0.6 is 0 Å². The van der Waals surface area contributed by atoms with Gasteiger partial charge in [-0.25, -0.2) is 9.78 Å². The van der Waals surface area contributed by atoms with E-state index in [2.05, 4.69) is 4.98 Å². The normalized spacial score (nSPS) is 12.8. The Morgan fingerprint density at radius 2 is 1.74 bits per heavy atom. The van der Waals surface area contributed by atoms with Crippen molar-refractivity contribution in [3.8, 4) is 0 Å². The number of benzene rings is 1. The number of carbonyl (C=O) groups excluding carboxylic acids is 2. The summed E-state index contributed by atoms with van der Waals surface area (Å²) < 4.78 is 7.41. The lowest BCUT2D eigenvalue weighted by Crippen LogP contribution is -2.24. The summed E-state index contributed by atoms with van der Waals surface area (Å²) in [5.74, 6) is -0.437. The Balaban J connectivity index is 2.13. The standard InChI is InChI=1S/C22H24N2O3/c1-14-18(21(26)27-22(3,4)5)17-12-9-13-23-20(17)24(14)15(2)19(25)16-10-7-6-8-11-16/h6-13,15H,1-5H3. The van der Waals surface area contributed by atoms with Crippen molar-refractivity contribution in [2.45, 2.75) is 46.3 Å². The molecular weight excluding hydrogens is 340 g/mol. The molecule has 1 atom stereocenters. The van der Waals surface area contributed by atoms with Gasteiger partial charge in [-0.05, 0) is 46.8 Å². The predicted molar refractivity (Wildman–Crippen MR) is 105 cm³/mol. The summed E-state index contributed by atoms with van der Waals surface area (Å²) in [5, 5.41) is 0.692. The molecule has 1 unspecified atom stereocenters. The second-order valence-corrected chi connectivity index (χ2v) is 7.61. The van der Waals surface area contributed by atoms with Crippen LogP contribution in [0, 0.1) is 6.92 Å². The van der Waals surface area contributed by atoms with E-state index >= 15 is 0 Å². The number of fused-ring (bicyclic) bond motifs is 1. The minimum atomic E-state index is -0.606. The summed E-state index contributed by atoms with van der Waals surface area (Å²) in [7, 11) is 0. The van der Waals surface area contributed by atoms with E-state index in [9.17, 15) is 9.59 Å². The number of carbonyl (C=O) groups is 2. The highest BCUT2D eigenvalue weighted by Gasteiger charge is 2.29. The van der Waals surface area contributed by atoms with E-state index in [-0.39, 0.29) is 5.78 Å². The molecule has 2 aromatic heterocycles. The first-order valence-electron chi connectivity index (χ1n) is 8.99. The maximum atomic E-state index is 13.0. The first kappa shape index (κ1) is 18.8. The summed E-state index contributed by atoms with van der Waals surface area (Å²) in [6.07, 6.45) is 1.66. The van der Waals surface area contributed by atoms with Crippen LogP contribution in [0.4, 0.5) is 0 Å². The van der Waals surface area contributed by atoms with E-state index in [1.165, 1.54) is 0 Å². The molecule has 0 amide bonds. The molecule has 3 rings (SSSR count). The second-order valence-electron chi connectivity index (χ2n) is 7.61. The Bertz CT molecular complexity index is 998. The van der Waals surface area contributed by atoms with Crippen molar-refractivity contribution in [2.24, 2.45) is 0 Å². The zero-order valence-electron chi connectivity index (χ0n) is 16.3. The van der Waals surface area contributed by atoms with Gasteiger partial charge in [-0.2, -0.15) is 0 Å². The highest BCUT2D eigenvalue weighted by molar-refractivity contribution is 6.06. The molecule has 0 aliphatic rings. The fourth-order valence-corrected chi connectivity index (χ4v) is 3.28. The number of hydrogen-bond acceptors (Lipinski definition) is 4. The van der Waals surface area contributed by atoms with E-state index in [0.717, 1.165) is 0 Å². The molecule has 0 aliphatic carbocycles. The van der Waals surface area contributed by atoms with Gasteiger partial charge in [-0.15, -0.1) is 0 Å². The lowest BCUT2D eigenvalue weighted by Gasteiger charge is -2.20. The predicted octanol–water partition coefficient (Wildman–Crippen LogP) is 4.74. The van der Waals surface area contributed by atoms with Gasteiger partial charge in [-0.1, -0.05) is 30.3 Å². The molecule has 0 bridgehead atoms. The van der Waals surface area contributed by atoms with Gasteiger partial charge < -0.3 is 9.30 Å². The van der Waals surface area contributed by atoms with Gasteiger partial charge >= 0.3 is 5.97 Å². The molecule has 0 radical (unpaired) electrons. The number of ketones is 1. The molecule has 0 spiro atoms. The van der Waals surface area contributed by atoms with Gasteiger partial charge in [0.1, 0.15) is 11.2 Å². The number of Topliss-reactive ketones (excluding diaryl/α,β-unsaturated/α-hetero) is 1. The molecule has 0 N–H and O–H groups in total. The van der Waals surface area contributed by atoms with Crippen molar-refractivity contribution < 1.29 is 14.3 Å². The summed E-state index contributed by atoms with van der Waals surface area (Å²) in [6.45, 7) is 9.16. The van der Waals surface area contributed by atoms with Crippen LogP contribution in [0.1, 0.15) is 60.1 Å². The summed E-state index contributed by atoms with van der Waals surface area (Å²) >= 11 is 0. The number of rotatable bonds is 4. The van der Waals surface area contributed by atoms with Crippen LogP contribution in [0.25, 0.3) is 11.0 Å². The molecule has 1 aromatic carbocycles. The third kappa shape index (κ3) is 3.63. The van der Waals surface area contributed by atoms with E-state index in [1.54, 1.807) is 24.4 Å². The van der Waals surface area contributed by atoms with E-state index in [1.807, 2.05) is 63.5 Å². The summed E-state index contributed by atoms with van der Waals surface area (Å²) in [5.41, 5.74) is 1.76. The van der Waals surface area contributed by atoms with Gasteiger partial charge in [-0.3, -0.25) is 4.79 Å². The maximum absolute atomic E-state index is 13.0. The largest absolute Gasteiger partial charge is 0.456 e. The van der Waals surface area contributed by atoms with Crippen molar-refractivity contribution in [3.63, 3.8) is 0 Å². The SMILES string of the molecule is Cc1c(C(=O)OC(C)(C)C)c2cccnc2n1C(C)C(=O)c1ccccc1. The topological polar surface area (TPSA) is 61.2 Å². The molecular formula is C22H24N2O3. The highest BCUT2D eigenvalue weighted by Crippen LogP contribution is 2.30. The van der Waals surface area contributed by atoms with E-state index in [0.29, 0.717) is 27.9 Å². The molecule has 140 valence electrons. The third-order valence-electron chi connectivity index (χ3n) is 4.44.